The molecule has 1 amide bonds. The molecule has 0 saturated carbocycles. The van der Waals surface area contributed by atoms with Gasteiger partial charge in [0.2, 0.25) is 35.2 Å². The van der Waals surface area contributed by atoms with Gasteiger partial charge in [-0.25, -0.2) is 13.2 Å². The molecule has 14 heteroatoms. The molecule has 0 spiro atoms. The molecule has 5 rings (SSSR count). The summed E-state index contributed by atoms with van der Waals surface area (Å²) in [5, 5.41) is 16.4. The van der Waals surface area contributed by atoms with Gasteiger partial charge in [0.25, 0.3) is 0 Å². The van der Waals surface area contributed by atoms with Crippen molar-refractivity contribution in [3.05, 3.63) is 60.0 Å². The number of ether oxygens (including phenoxy) is 2. The molecule has 2 fully saturated rings. The number of alkyl halides is 1. The third-order valence-corrected chi connectivity index (χ3v) is 8.15. The Morgan fingerprint density at radius 1 is 1.24 bits per heavy atom. The van der Waals surface area contributed by atoms with Crippen molar-refractivity contribution in [3.8, 4) is 29.5 Å². The van der Waals surface area contributed by atoms with E-state index in [1.54, 1.807) is 25.7 Å². The van der Waals surface area contributed by atoms with E-state index in [2.05, 4.69) is 38.1 Å². The van der Waals surface area contributed by atoms with E-state index in [0.29, 0.717) is 19.4 Å². The standard InChI is InChI=1S/C31H34F3N7O4/c1-5-26(42)41-12-10-20(14-19(41)9-11-35)44-25-15-24(43-17(2)23-13-18(32)16-36-23)37-28(38-25)29-39-30(45-40-29)31(3,4)27-21(33)7-6-8-22(27)34/h5-8,15,17-20,23,36H,1,9-10,12-14,16H2,2-4H3/t17-,18+,19+,20-,23-/m0/s1. The highest BCUT2D eigenvalue weighted by Gasteiger charge is 2.37. The van der Waals surface area contributed by atoms with E-state index in [4.69, 9.17) is 14.0 Å². The molecule has 45 heavy (non-hydrogen) atoms. The van der Waals surface area contributed by atoms with Gasteiger partial charge in [0.05, 0.1) is 24.0 Å². The number of benzene rings is 1. The van der Waals surface area contributed by atoms with E-state index < -0.39 is 35.4 Å². The number of piperidine rings is 1. The molecule has 2 saturated heterocycles. The number of halogens is 3. The Kier molecular flexibility index (Phi) is 9.38. The van der Waals surface area contributed by atoms with Crippen LogP contribution in [-0.2, 0) is 10.2 Å². The number of nitrogens with one attached hydrogen (secondary N) is 1. The van der Waals surface area contributed by atoms with Gasteiger partial charge in [0.15, 0.2) is 0 Å². The number of aromatic nitrogens is 4. The highest BCUT2D eigenvalue weighted by atomic mass is 19.1. The molecule has 11 nitrogen and oxygen atoms in total. The van der Waals surface area contributed by atoms with Gasteiger partial charge in [-0.15, -0.1) is 0 Å². The number of rotatable bonds is 10. The predicted octanol–water partition coefficient (Wildman–Crippen LogP) is 4.44. The molecule has 1 aromatic carbocycles. The minimum absolute atomic E-state index is 0.0369. The molecule has 0 radical (unpaired) electrons. The zero-order chi connectivity index (χ0) is 32.3. The number of nitriles is 1. The van der Waals surface area contributed by atoms with E-state index in [9.17, 15) is 23.2 Å². The van der Waals surface area contributed by atoms with Crippen LogP contribution >= 0.6 is 0 Å². The monoisotopic (exact) mass is 625 g/mol. The number of nitrogens with zero attached hydrogens (tertiary/aromatic N) is 6. The summed E-state index contributed by atoms with van der Waals surface area (Å²) in [6.45, 7) is 9.02. The molecular weight excluding hydrogens is 591 g/mol. The first kappa shape index (κ1) is 31.9. The molecule has 2 aliphatic heterocycles. The van der Waals surface area contributed by atoms with Crippen LogP contribution in [0.3, 0.4) is 0 Å². The summed E-state index contributed by atoms with van der Waals surface area (Å²) in [5.74, 6) is -1.75. The number of hydrogen-bond acceptors (Lipinski definition) is 10. The van der Waals surface area contributed by atoms with Gasteiger partial charge in [-0.1, -0.05) is 17.8 Å². The second-order valence-electron chi connectivity index (χ2n) is 11.7. The first-order chi connectivity index (χ1) is 21.5. The van der Waals surface area contributed by atoms with Crippen molar-refractivity contribution >= 4 is 5.91 Å². The van der Waals surface area contributed by atoms with Crippen LogP contribution in [0.25, 0.3) is 11.6 Å². The lowest BCUT2D eigenvalue weighted by molar-refractivity contribution is -0.130. The molecule has 0 aliphatic carbocycles. The third kappa shape index (κ3) is 6.93. The normalized spacial score (nSPS) is 22.5. The van der Waals surface area contributed by atoms with E-state index in [1.165, 1.54) is 18.2 Å². The Morgan fingerprint density at radius 3 is 2.64 bits per heavy atom. The molecule has 0 bridgehead atoms. The quantitative estimate of drug-likeness (QED) is 0.322. The van der Waals surface area contributed by atoms with Gasteiger partial charge in [-0.3, -0.25) is 4.79 Å². The van der Waals surface area contributed by atoms with E-state index in [1.807, 2.05) is 0 Å². The van der Waals surface area contributed by atoms with Crippen LogP contribution in [0.15, 0.2) is 41.4 Å². The predicted molar refractivity (Wildman–Crippen MR) is 155 cm³/mol. The molecule has 5 atom stereocenters. The van der Waals surface area contributed by atoms with Gasteiger partial charge in [0, 0.05) is 43.6 Å². The Balaban J connectivity index is 1.45. The van der Waals surface area contributed by atoms with Crippen molar-refractivity contribution in [1.29, 1.82) is 5.26 Å². The van der Waals surface area contributed by atoms with Crippen molar-refractivity contribution < 1.29 is 32.0 Å². The lowest BCUT2D eigenvalue weighted by atomic mass is 9.83. The topological polar surface area (TPSA) is 139 Å². The number of carbonyl (C=O) groups is 1. The summed E-state index contributed by atoms with van der Waals surface area (Å²) >= 11 is 0. The average Bonchev–Trinajstić information content (AvgIpc) is 3.67. The van der Waals surface area contributed by atoms with Crippen LogP contribution in [0.2, 0.25) is 0 Å². The maximum Gasteiger partial charge on any atom is 0.246 e. The fourth-order valence-corrected chi connectivity index (χ4v) is 5.74. The first-order valence-corrected chi connectivity index (χ1v) is 14.7. The largest absolute Gasteiger partial charge is 0.474 e. The fourth-order valence-electron chi connectivity index (χ4n) is 5.74. The average molecular weight is 626 g/mol. The van der Waals surface area contributed by atoms with Gasteiger partial charge in [0.1, 0.15) is 30.0 Å². The smallest absolute Gasteiger partial charge is 0.246 e. The number of hydrogen-bond donors (Lipinski definition) is 1. The van der Waals surface area contributed by atoms with Gasteiger partial charge >= 0.3 is 0 Å². The van der Waals surface area contributed by atoms with Crippen molar-refractivity contribution in [3.63, 3.8) is 0 Å². The first-order valence-electron chi connectivity index (χ1n) is 14.7. The lowest BCUT2D eigenvalue weighted by Crippen LogP contribution is -2.48. The molecule has 2 aliphatic rings. The molecular formula is C31H34F3N7O4. The van der Waals surface area contributed by atoms with Crippen molar-refractivity contribution in [2.24, 2.45) is 0 Å². The minimum atomic E-state index is -1.34. The second kappa shape index (κ2) is 13.2. The molecule has 2 aromatic heterocycles. The van der Waals surface area contributed by atoms with E-state index in [-0.39, 0.29) is 72.2 Å². The SMILES string of the molecule is C=CC(=O)N1CC[C@H](Oc2cc(O[C@@H](C)[C@@H]3C[C@@H](F)CN3)nc(-c3noc(C(C)(C)c4c(F)cccc4F)n3)n2)C[C@H]1CC#N. The Hall–Kier alpha value is -4.51. The van der Waals surface area contributed by atoms with Gasteiger partial charge < -0.3 is 24.2 Å². The van der Waals surface area contributed by atoms with Crippen LogP contribution in [-0.4, -0.2) is 74.5 Å². The number of amides is 1. The van der Waals surface area contributed by atoms with E-state index >= 15 is 0 Å². The zero-order valence-corrected chi connectivity index (χ0v) is 25.2. The van der Waals surface area contributed by atoms with Crippen LogP contribution in [0.4, 0.5) is 13.2 Å². The summed E-state index contributed by atoms with van der Waals surface area (Å²) in [5.41, 5.74) is -1.58. The number of likely N-dealkylation sites (tertiary alicyclic amines) is 1. The minimum Gasteiger partial charge on any atom is -0.474 e. The Morgan fingerprint density at radius 2 is 1.98 bits per heavy atom. The summed E-state index contributed by atoms with van der Waals surface area (Å²) in [6.07, 6.45) is 0.592. The molecule has 3 aromatic rings. The Labute approximate surface area is 258 Å². The third-order valence-electron chi connectivity index (χ3n) is 8.15. The van der Waals surface area contributed by atoms with Crippen molar-refractivity contribution in [2.75, 3.05) is 13.1 Å². The highest BCUT2D eigenvalue weighted by Crippen LogP contribution is 2.35. The fraction of sp³-hybridized carbons (Fsp3) is 0.484. The summed E-state index contributed by atoms with van der Waals surface area (Å²) in [4.78, 5) is 27.2. The molecule has 0 unspecified atom stereocenters. The molecule has 4 heterocycles. The van der Waals surface area contributed by atoms with Gasteiger partial charge in [-0.2, -0.15) is 20.2 Å². The number of carbonyl (C=O) groups excluding carboxylic acids is 1. The molecule has 1 N–H and O–H groups in total. The summed E-state index contributed by atoms with van der Waals surface area (Å²) in [6, 6.07) is 6.54. The maximum absolute atomic E-state index is 14.7. The summed E-state index contributed by atoms with van der Waals surface area (Å²) < 4.78 is 61.0. The van der Waals surface area contributed by atoms with Crippen LogP contribution in [0, 0.1) is 23.0 Å². The Bertz CT molecular complexity index is 1570. The van der Waals surface area contributed by atoms with Crippen molar-refractivity contribution in [1.82, 2.24) is 30.3 Å². The second-order valence-corrected chi connectivity index (χ2v) is 11.7. The highest BCUT2D eigenvalue weighted by molar-refractivity contribution is 5.87. The maximum atomic E-state index is 14.7. The van der Waals surface area contributed by atoms with Crippen LogP contribution in [0.5, 0.6) is 11.8 Å². The lowest BCUT2D eigenvalue weighted by Gasteiger charge is -2.37. The van der Waals surface area contributed by atoms with E-state index in [0.717, 1.165) is 12.1 Å². The van der Waals surface area contributed by atoms with Gasteiger partial charge in [-0.05, 0) is 45.4 Å². The van der Waals surface area contributed by atoms with Crippen LogP contribution in [0.1, 0.15) is 57.9 Å². The summed E-state index contributed by atoms with van der Waals surface area (Å²) in [7, 11) is 0. The zero-order valence-electron chi connectivity index (χ0n) is 25.2. The van der Waals surface area contributed by atoms with Crippen LogP contribution < -0.4 is 14.8 Å². The van der Waals surface area contributed by atoms with Crippen molar-refractivity contribution in [2.45, 2.75) is 82.3 Å². The molecule has 238 valence electrons.